The highest BCUT2D eigenvalue weighted by atomic mass is 19.4. The minimum Gasteiger partial charge on any atom is -0.370 e. The predicted molar refractivity (Wildman–Crippen MR) is 59.8 cm³/mol. The van der Waals surface area contributed by atoms with E-state index in [9.17, 15) is 13.2 Å². The lowest BCUT2D eigenvalue weighted by Crippen LogP contribution is -2.11. The average Bonchev–Trinajstić information content (AvgIpc) is 2.24. The highest BCUT2D eigenvalue weighted by Gasteiger charge is 2.25. The fraction of sp³-hybridized carbons (Fsp3) is 0.636. The Labute approximate surface area is 98.5 Å². The molecule has 0 aliphatic rings. The van der Waals surface area contributed by atoms with Gasteiger partial charge in [0, 0.05) is 24.7 Å². The van der Waals surface area contributed by atoms with E-state index in [1.807, 2.05) is 6.92 Å². The molecule has 1 rings (SSSR count). The van der Waals surface area contributed by atoms with Gasteiger partial charge in [0.15, 0.2) is 0 Å². The normalized spacial score (nSPS) is 11.5. The molecule has 3 nitrogen and oxygen atoms in total. The number of alkyl halides is 3. The third-order valence-electron chi connectivity index (χ3n) is 2.17. The number of hydrogen-bond donors (Lipinski definition) is 1. The van der Waals surface area contributed by atoms with Crippen molar-refractivity contribution in [2.24, 2.45) is 0 Å². The summed E-state index contributed by atoms with van der Waals surface area (Å²) < 4.78 is 35.7. The van der Waals surface area contributed by atoms with Crippen LogP contribution in [0.2, 0.25) is 0 Å². The number of halogens is 3. The van der Waals surface area contributed by atoms with Crippen LogP contribution in [0.25, 0.3) is 0 Å². The fourth-order valence-electron chi connectivity index (χ4n) is 1.39. The molecule has 96 valence electrons. The average molecular weight is 247 g/mol. The molecule has 0 aliphatic heterocycles. The Hall–Kier alpha value is -1.33. The van der Waals surface area contributed by atoms with Crippen molar-refractivity contribution < 1.29 is 13.2 Å². The van der Waals surface area contributed by atoms with Crippen LogP contribution in [0.4, 0.5) is 19.0 Å². The topological polar surface area (TPSA) is 37.8 Å². The van der Waals surface area contributed by atoms with E-state index in [0.717, 1.165) is 18.5 Å². The van der Waals surface area contributed by atoms with Crippen LogP contribution in [0.3, 0.4) is 0 Å². The van der Waals surface area contributed by atoms with E-state index >= 15 is 0 Å². The van der Waals surface area contributed by atoms with Crippen molar-refractivity contribution in [2.45, 2.75) is 38.8 Å². The van der Waals surface area contributed by atoms with Gasteiger partial charge < -0.3 is 5.32 Å². The molecule has 0 atom stereocenters. The Balaban J connectivity index is 2.34. The second kappa shape index (κ2) is 6.42. The second-order valence-corrected chi connectivity index (χ2v) is 3.79. The van der Waals surface area contributed by atoms with Crippen molar-refractivity contribution in [3.05, 3.63) is 18.1 Å². The van der Waals surface area contributed by atoms with Crippen LogP contribution in [0.15, 0.2) is 12.4 Å². The summed E-state index contributed by atoms with van der Waals surface area (Å²) in [6, 6.07) is 1.77. The summed E-state index contributed by atoms with van der Waals surface area (Å²) in [5, 5.41) is 2.86. The number of aryl methyl sites for hydroxylation is 1. The molecule has 0 spiro atoms. The van der Waals surface area contributed by atoms with E-state index in [1.165, 1.54) is 6.33 Å². The monoisotopic (exact) mass is 247 g/mol. The van der Waals surface area contributed by atoms with Crippen molar-refractivity contribution in [1.29, 1.82) is 0 Å². The van der Waals surface area contributed by atoms with Crippen LogP contribution in [0.5, 0.6) is 0 Å². The third-order valence-corrected chi connectivity index (χ3v) is 2.17. The third kappa shape index (κ3) is 6.09. The molecule has 1 aromatic rings. The molecule has 0 saturated carbocycles. The standard InChI is InChI=1S/C11H16F3N3/c1-2-4-9-7-10(17-8-16-9)15-6-3-5-11(12,13)14/h7-8H,2-6H2,1H3,(H,15,16,17). The maximum atomic E-state index is 11.9. The molecule has 0 aliphatic carbocycles. The van der Waals surface area contributed by atoms with Gasteiger partial charge in [-0.3, -0.25) is 0 Å². The Morgan fingerprint density at radius 1 is 1.29 bits per heavy atom. The number of nitrogens with zero attached hydrogens (tertiary/aromatic N) is 2. The number of rotatable bonds is 6. The molecule has 0 fully saturated rings. The second-order valence-electron chi connectivity index (χ2n) is 3.79. The van der Waals surface area contributed by atoms with Crippen LogP contribution in [0, 0.1) is 0 Å². The van der Waals surface area contributed by atoms with E-state index in [2.05, 4.69) is 15.3 Å². The molecule has 0 bridgehead atoms. The highest BCUT2D eigenvalue weighted by Crippen LogP contribution is 2.21. The maximum absolute atomic E-state index is 11.9. The smallest absolute Gasteiger partial charge is 0.370 e. The van der Waals surface area contributed by atoms with Gasteiger partial charge in [0.2, 0.25) is 0 Å². The van der Waals surface area contributed by atoms with Crippen LogP contribution in [-0.2, 0) is 6.42 Å². The maximum Gasteiger partial charge on any atom is 0.389 e. The fourth-order valence-corrected chi connectivity index (χ4v) is 1.39. The SMILES string of the molecule is CCCc1cc(NCCCC(F)(F)F)ncn1. The Kier molecular flexibility index (Phi) is 5.18. The van der Waals surface area contributed by atoms with Gasteiger partial charge in [-0.1, -0.05) is 13.3 Å². The van der Waals surface area contributed by atoms with E-state index in [-0.39, 0.29) is 13.0 Å². The molecule has 1 heterocycles. The van der Waals surface area contributed by atoms with Crippen LogP contribution in [0.1, 0.15) is 31.9 Å². The van der Waals surface area contributed by atoms with Gasteiger partial charge in [-0.15, -0.1) is 0 Å². The molecule has 6 heteroatoms. The van der Waals surface area contributed by atoms with Gasteiger partial charge in [-0.2, -0.15) is 13.2 Å². The van der Waals surface area contributed by atoms with Gasteiger partial charge in [0.1, 0.15) is 12.1 Å². The van der Waals surface area contributed by atoms with E-state index < -0.39 is 12.6 Å². The highest BCUT2D eigenvalue weighted by molar-refractivity contribution is 5.34. The Morgan fingerprint density at radius 3 is 2.71 bits per heavy atom. The Bertz CT molecular complexity index is 339. The summed E-state index contributed by atoms with van der Waals surface area (Å²) in [6.07, 6.45) is -1.55. The van der Waals surface area contributed by atoms with Crippen molar-refractivity contribution >= 4 is 5.82 Å². The van der Waals surface area contributed by atoms with E-state index in [1.54, 1.807) is 6.07 Å². The van der Waals surface area contributed by atoms with Gasteiger partial charge >= 0.3 is 6.18 Å². The first kappa shape index (κ1) is 13.7. The van der Waals surface area contributed by atoms with Crippen molar-refractivity contribution in [3.63, 3.8) is 0 Å². The quantitative estimate of drug-likeness (QED) is 0.784. The van der Waals surface area contributed by atoms with Crippen molar-refractivity contribution in [2.75, 3.05) is 11.9 Å². The van der Waals surface area contributed by atoms with E-state index in [0.29, 0.717) is 5.82 Å². The zero-order valence-corrected chi connectivity index (χ0v) is 9.72. The lowest BCUT2D eigenvalue weighted by molar-refractivity contribution is -0.134. The Morgan fingerprint density at radius 2 is 2.06 bits per heavy atom. The van der Waals surface area contributed by atoms with Crippen LogP contribution < -0.4 is 5.32 Å². The molecule has 0 saturated heterocycles. The van der Waals surface area contributed by atoms with Crippen molar-refractivity contribution in [1.82, 2.24) is 9.97 Å². The summed E-state index contributed by atoms with van der Waals surface area (Å²) in [4.78, 5) is 8.02. The number of nitrogens with one attached hydrogen (secondary N) is 1. The van der Waals surface area contributed by atoms with Crippen LogP contribution >= 0.6 is 0 Å². The number of hydrogen-bond acceptors (Lipinski definition) is 3. The minimum atomic E-state index is -4.08. The molecule has 1 N–H and O–H groups in total. The van der Waals surface area contributed by atoms with Gasteiger partial charge in [-0.05, 0) is 12.8 Å². The minimum absolute atomic E-state index is 0.0522. The molecule has 17 heavy (non-hydrogen) atoms. The molecule has 0 aromatic carbocycles. The van der Waals surface area contributed by atoms with Crippen LogP contribution in [-0.4, -0.2) is 22.7 Å². The molecule has 0 radical (unpaired) electrons. The molecule has 0 amide bonds. The summed E-state index contributed by atoms with van der Waals surface area (Å²) in [6.45, 7) is 2.31. The zero-order valence-electron chi connectivity index (χ0n) is 9.72. The van der Waals surface area contributed by atoms with Gasteiger partial charge in [0.25, 0.3) is 0 Å². The first-order valence-corrected chi connectivity index (χ1v) is 5.63. The largest absolute Gasteiger partial charge is 0.389 e. The van der Waals surface area contributed by atoms with Crippen molar-refractivity contribution in [3.8, 4) is 0 Å². The summed E-state index contributed by atoms with van der Waals surface area (Å²) in [5.41, 5.74) is 0.904. The number of anilines is 1. The molecule has 1 aromatic heterocycles. The van der Waals surface area contributed by atoms with E-state index in [4.69, 9.17) is 0 Å². The molecular weight excluding hydrogens is 231 g/mol. The lowest BCUT2D eigenvalue weighted by atomic mass is 10.2. The summed E-state index contributed by atoms with van der Waals surface area (Å²) >= 11 is 0. The molecule has 0 unspecified atom stereocenters. The number of aromatic nitrogens is 2. The zero-order chi connectivity index (χ0) is 12.7. The van der Waals surface area contributed by atoms with Gasteiger partial charge in [-0.25, -0.2) is 9.97 Å². The lowest BCUT2D eigenvalue weighted by Gasteiger charge is -2.08. The summed E-state index contributed by atoms with van der Waals surface area (Å²) in [5.74, 6) is 0.589. The predicted octanol–water partition coefficient (Wildman–Crippen LogP) is 3.18. The first-order chi connectivity index (χ1) is 8.01. The summed E-state index contributed by atoms with van der Waals surface area (Å²) in [7, 11) is 0. The molecular formula is C11H16F3N3. The van der Waals surface area contributed by atoms with Gasteiger partial charge in [0.05, 0.1) is 0 Å². The first-order valence-electron chi connectivity index (χ1n) is 5.63.